The molecular weight excluding hydrogens is 314 g/mol. The first-order chi connectivity index (χ1) is 11.1. The first-order valence-corrected chi connectivity index (χ1v) is 7.64. The summed E-state index contributed by atoms with van der Waals surface area (Å²) in [5.41, 5.74) is -1.10. The van der Waals surface area contributed by atoms with Gasteiger partial charge in [-0.3, -0.25) is 19.7 Å². The van der Waals surface area contributed by atoms with Crippen LogP contribution in [0.4, 0.5) is 5.69 Å². The van der Waals surface area contributed by atoms with Gasteiger partial charge in [-0.05, 0) is 39.2 Å². The van der Waals surface area contributed by atoms with Crippen molar-refractivity contribution in [1.29, 1.82) is 0 Å². The molecule has 2 atom stereocenters. The largest absolute Gasteiger partial charge is 0.469 e. The Hall–Kier alpha value is -2.44. The van der Waals surface area contributed by atoms with E-state index in [1.54, 1.807) is 32.9 Å². The van der Waals surface area contributed by atoms with Gasteiger partial charge in [0.15, 0.2) is 0 Å². The van der Waals surface area contributed by atoms with Crippen LogP contribution in [-0.4, -0.2) is 29.6 Å². The summed E-state index contributed by atoms with van der Waals surface area (Å²) in [7, 11) is 1.27. The van der Waals surface area contributed by atoms with Crippen molar-refractivity contribution in [3.63, 3.8) is 0 Å². The number of nitro benzene ring substituents is 1. The number of rotatable bonds is 5. The molecule has 7 heteroatoms. The van der Waals surface area contributed by atoms with Gasteiger partial charge in [0.2, 0.25) is 0 Å². The molecule has 1 aliphatic rings. The highest BCUT2D eigenvalue weighted by Crippen LogP contribution is 2.56. The Bertz CT molecular complexity index is 678. The SMILES string of the molecule is COC(=O)[C@@]1(Cc2cccc([N+](=O)[O-])c2)C[C@@H]1C(=O)OC(C)(C)C. The third-order valence-electron chi connectivity index (χ3n) is 4.00. The van der Waals surface area contributed by atoms with Gasteiger partial charge in [0.05, 0.1) is 23.4 Å². The Balaban J connectivity index is 2.23. The molecule has 1 saturated carbocycles. The van der Waals surface area contributed by atoms with Crippen molar-refractivity contribution >= 4 is 17.6 Å². The molecule has 1 aromatic carbocycles. The van der Waals surface area contributed by atoms with E-state index >= 15 is 0 Å². The highest BCUT2D eigenvalue weighted by molar-refractivity contribution is 5.91. The molecular formula is C17H21NO6. The van der Waals surface area contributed by atoms with Gasteiger partial charge in [-0.25, -0.2) is 0 Å². The maximum atomic E-state index is 12.3. The number of hydrogen-bond donors (Lipinski definition) is 0. The molecule has 0 unspecified atom stereocenters. The second-order valence-corrected chi connectivity index (χ2v) is 7.04. The number of carbonyl (C=O) groups excluding carboxylic acids is 2. The third kappa shape index (κ3) is 3.72. The normalized spacial score (nSPS) is 22.6. The van der Waals surface area contributed by atoms with Crippen LogP contribution in [0.2, 0.25) is 0 Å². The van der Waals surface area contributed by atoms with Crippen LogP contribution < -0.4 is 0 Å². The van der Waals surface area contributed by atoms with Crippen molar-refractivity contribution < 1.29 is 24.0 Å². The standard InChI is InChI=1S/C17H21NO6/c1-16(2,3)24-14(19)13-10-17(13,15(20)23-4)9-11-6-5-7-12(8-11)18(21)22/h5-8,13H,9-10H2,1-4H3/t13-,17+/m1/s1. The quantitative estimate of drug-likeness (QED) is 0.466. The number of ether oxygens (including phenoxy) is 2. The lowest BCUT2D eigenvalue weighted by atomic mass is 9.93. The second kappa shape index (κ2) is 6.22. The van der Waals surface area contributed by atoms with Crippen molar-refractivity contribution in [2.24, 2.45) is 11.3 Å². The van der Waals surface area contributed by atoms with E-state index in [0.717, 1.165) is 0 Å². The van der Waals surface area contributed by atoms with Gasteiger partial charge in [-0.1, -0.05) is 12.1 Å². The molecule has 130 valence electrons. The van der Waals surface area contributed by atoms with Gasteiger partial charge in [0, 0.05) is 12.1 Å². The van der Waals surface area contributed by atoms with Gasteiger partial charge in [0.25, 0.3) is 5.69 Å². The van der Waals surface area contributed by atoms with E-state index in [9.17, 15) is 19.7 Å². The Morgan fingerprint density at radius 2 is 2.04 bits per heavy atom. The minimum Gasteiger partial charge on any atom is -0.469 e. The number of non-ortho nitro benzene ring substituents is 1. The van der Waals surface area contributed by atoms with E-state index in [4.69, 9.17) is 9.47 Å². The van der Waals surface area contributed by atoms with Crippen LogP contribution in [0.1, 0.15) is 32.8 Å². The number of methoxy groups -OCH3 is 1. The molecule has 0 amide bonds. The van der Waals surface area contributed by atoms with Gasteiger partial charge in [-0.15, -0.1) is 0 Å². The molecule has 0 aliphatic heterocycles. The van der Waals surface area contributed by atoms with E-state index in [2.05, 4.69) is 0 Å². The zero-order valence-corrected chi connectivity index (χ0v) is 14.2. The monoisotopic (exact) mass is 335 g/mol. The Labute approximate surface area is 140 Å². The zero-order chi connectivity index (χ0) is 18.1. The summed E-state index contributed by atoms with van der Waals surface area (Å²) in [6.07, 6.45) is 0.516. The Morgan fingerprint density at radius 3 is 2.58 bits per heavy atom. The zero-order valence-electron chi connectivity index (χ0n) is 14.2. The van der Waals surface area contributed by atoms with Gasteiger partial charge in [-0.2, -0.15) is 0 Å². The van der Waals surface area contributed by atoms with E-state index < -0.39 is 33.8 Å². The summed E-state index contributed by atoms with van der Waals surface area (Å²) in [4.78, 5) is 34.9. The van der Waals surface area contributed by atoms with Crippen LogP contribution >= 0.6 is 0 Å². The molecule has 0 bridgehead atoms. The van der Waals surface area contributed by atoms with Crippen molar-refractivity contribution in [3.05, 3.63) is 39.9 Å². The summed E-state index contributed by atoms with van der Waals surface area (Å²) in [6.45, 7) is 5.27. The first-order valence-electron chi connectivity index (χ1n) is 7.64. The Kier molecular flexibility index (Phi) is 4.64. The number of carbonyl (C=O) groups is 2. The van der Waals surface area contributed by atoms with Crippen LogP contribution in [0.3, 0.4) is 0 Å². The highest BCUT2D eigenvalue weighted by atomic mass is 16.6. The van der Waals surface area contributed by atoms with Crippen LogP contribution in [0.15, 0.2) is 24.3 Å². The maximum Gasteiger partial charge on any atom is 0.313 e. The molecule has 1 fully saturated rings. The summed E-state index contributed by atoms with van der Waals surface area (Å²) < 4.78 is 10.2. The van der Waals surface area contributed by atoms with Gasteiger partial charge >= 0.3 is 11.9 Å². The summed E-state index contributed by atoms with van der Waals surface area (Å²) >= 11 is 0. The summed E-state index contributed by atoms with van der Waals surface area (Å²) in [5.74, 6) is -1.54. The van der Waals surface area contributed by atoms with Gasteiger partial charge < -0.3 is 9.47 Å². The highest BCUT2D eigenvalue weighted by Gasteiger charge is 2.65. The molecule has 0 N–H and O–H groups in total. The fourth-order valence-corrected chi connectivity index (χ4v) is 2.83. The molecule has 0 radical (unpaired) electrons. The molecule has 24 heavy (non-hydrogen) atoms. The molecule has 2 rings (SSSR count). The molecule has 0 heterocycles. The molecule has 0 spiro atoms. The second-order valence-electron chi connectivity index (χ2n) is 7.04. The first kappa shape index (κ1) is 17.9. The molecule has 0 aromatic heterocycles. The average molecular weight is 335 g/mol. The molecule has 1 aliphatic carbocycles. The minimum absolute atomic E-state index is 0.0537. The minimum atomic E-state index is -1.01. The predicted octanol–water partition coefficient (Wildman–Crippen LogP) is 2.66. The van der Waals surface area contributed by atoms with E-state index in [-0.39, 0.29) is 12.1 Å². The van der Waals surface area contributed by atoms with Crippen molar-refractivity contribution in [2.45, 2.75) is 39.2 Å². The molecule has 1 aromatic rings. The van der Waals surface area contributed by atoms with E-state index in [1.165, 1.54) is 19.2 Å². The van der Waals surface area contributed by atoms with Crippen molar-refractivity contribution in [1.82, 2.24) is 0 Å². The fourth-order valence-electron chi connectivity index (χ4n) is 2.83. The average Bonchev–Trinajstić information content (AvgIpc) is 3.20. The molecule has 0 saturated heterocycles. The Morgan fingerprint density at radius 1 is 1.38 bits per heavy atom. The van der Waals surface area contributed by atoms with Gasteiger partial charge in [0.1, 0.15) is 5.60 Å². The van der Waals surface area contributed by atoms with Crippen LogP contribution in [0.25, 0.3) is 0 Å². The number of benzene rings is 1. The topological polar surface area (TPSA) is 95.7 Å². The predicted molar refractivity (Wildman–Crippen MR) is 85.2 cm³/mol. The van der Waals surface area contributed by atoms with Crippen molar-refractivity contribution in [3.8, 4) is 0 Å². The lowest BCUT2D eigenvalue weighted by Gasteiger charge is -2.21. The lowest BCUT2D eigenvalue weighted by Crippen LogP contribution is -2.30. The lowest BCUT2D eigenvalue weighted by molar-refractivity contribution is -0.384. The molecule has 7 nitrogen and oxygen atoms in total. The van der Waals surface area contributed by atoms with Crippen LogP contribution in [0.5, 0.6) is 0 Å². The van der Waals surface area contributed by atoms with Crippen molar-refractivity contribution in [2.75, 3.05) is 7.11 Å². The third-order valence-corrected chi connectivity index (χ3v) is 4.00. The van der Waals surface area contributed by atoms with E-state index in [1.807, 2.05) is 0 Å². The number of nitro groups is 1. The maximum absolute atomic E-state index is 12.3. The fraction of sp³-hybridized carbons (Fsp3) is 0.529. The van der Waals surface area contributed by atoms with E-state index in [0.29, 0.717) is 12.0 Å². The van der Waals surface area contributed by atoms with Crippen LogP contribution in [0, 0.1) is 21.4 Å². The number of nitrogens with zero attached hydrogens (tertiary/aromatic N) is 1. The smallest absolute Gasteiger partial charge is 0.313 e. The van der Waals surface area contributed by atoms with Crippen LogP contribution in [-0.2, 0) is 25.5 Å². The summed E-state index contributed by atoms with van der Waals surface area (Å²) in [6, 6.07) is 6.05. The number of esters is 2. The summed E-state index contributed by atoms with van der Waals surface area (Å²) in [5, 5.41) is 10.9. The number of hydrogen-bond acceptors (Lipinski definition) is 6.